The smallest absolute Gasteiger partial charge is 0.315 e. The number of hydrogen-bond acceptors (Lipinski definition) is 3. The van der Waals surface area contributed by atoms with E-state index in [-0.39, 0.29) is 11.9 Å². The first-order valence-corrected chi connectivity index (χ1v) is 5.20. The molecule has 1 aromatic carbocycles. The summed E-state index contributed by atoms with van der Waals surface area (Å²) in [6.45, 7) is 3.00. The number of nitrogens with zero attached hydrogens (tertiary/aromatic N) is 1. The van der Waals surface area contributed by atoms with Crippen LogP contribution in [0.25, 0.3) is 0 Å². The number of esters is 1. The van der Waals surface area contributed by atoms with Gasteiger partial charge in [-0.3, -0.25) is 4.79 Å². The Kier molecular flexibility index (Phi) is 2.62. The van der Waals surface area contributed by atoms with Crippen LogP contribution in [-0.2, 0) is 9.53 Å². The van der Waals surface area contributed by atoms with Crippen molar-refractivity contribution in [1.82, 2.24) is 0 Å². The van der Waals surface area contributed by atoms with Crippen molar-refractivity contribution < 1.29 is 9.53 Å². The number of ether oxygens (including phenoxy) is 1. The van der Waals surface area contributed by atoms with E-state index < -0.39 is 0 Å². The number of carbonyl (C=O) groups excluding carboxylic acids is 1. The van der Waals surface area contributed by atoms with Crippen molar-refractivity contribution in [2.75, 3.05) is 25.1 Å². The lowest BCUT2D eigenvalue weighted by molar-refractivity contribution is -0.144. The number of carbonyl (C=O) groups is 1. The molecule has 0 aliphatic carbocycles. The van der Waals surface area contributed by atoms with Crippen LogP contribution in [0.2, 0.25) is 0 Å². The summed E-state index contributed by atoms with van der Waals surface area (Å²) in [6, 6.07) is 7.99. The van der Waals surface area contributed by atoms with Crippen molar-refractivity contribution >= 4 is 11.7 Å². The molecule has 1 aliphatic rings. The summed E-state index contributed by atoms with van der Waals surface area (Å²) in [6.07, 6.45) is 0. The van der Waals surface area contributed by atoms with Gasteiger partial charge in [-0.15, -0.1) is 0 Å². The summed E-state index contributed by atoms with van der Waals surface area (Å²) in [5.41, 5.74) is 2.22. The van der Waals surface area contributed by atoms with Crippen LogP contribution in [0.1, 0.15) is 18.4 Å². The Balaban J connectivity index is 2.28. The Labute approximate surface area is 89.7 Å². The fraction of sp³-hybridized carbons (Fsp3) is 0.417. The average Bonchev–Trinajstić information content (AvgIpc) is 2.58. The first-order valence-electron chi connectivity index (χ1n) is 5.20. The third-order valence-electron chi connectivity index (χ3n) is 2.75. The molecule has 0 aromatic heterocycles. The van der Waals surface area contributed by atoms with Gasteiger partial charge in [-0.1, -0.05) is 18.2 Å². The molecule has 15 heavy (non-hydrogen) atoms. The lowest BCUT2D eigenvalue weighted by Gasteiger charge is -2.11. The second-order valence-corrected chi connectivity index (χ2v) is 3.74. The van der Waals surface area contributed by atoms with Crippen molar-refractivity contribution in [3.63, 3.8) is 0 Å². The second-order valence-electron chi connectivity index (χ2n) is 3.74. The first kappa shape index (κ1) is 10.0. The maximum absolute atomic E-state index is 11.7. The fourth-order valence-electron chi connectivity index (χ4n) is 2.04. The second kappa shape index (κ2) is 3.93. The van der Waals surface area contributed by atoms with Gasteiger partial charge in [0.15, 0.2) is 0 Å². The summed E-state index contributed by atoms with van der Waals surface area (Å²) in [7, 11) is 2.00. The van der Waals surface area contributed by atoms with Crippen LogP contribution >= 0.6 is 0 Å². The molecule has 80 valence electrons. The van der Waals surface area contributed by atoms with E-state index in [1.807, 2.05) is 38.2 Å². The van der Waals surface area contributed by atoms with Crippen molar-refractivity contribution in [3.05, 3.63) is 29.8 Å². The van der Waals surface area contributed by atoms with Gasteiger partial charge in [0.05, 0.1) is 6.61 Å². The molecule has 0 spiro atoms. The normalized spacial score (nSPS) is 18.8. The van der Waals surface area contributed by atoms with Gasteiger partial charge in [-0.05, 0) is 18.6 Å². The van der Waals surface area contributed by atoms with Crippen LogP contribution < -0.4 is 4.90 Å². The van der Waals surface area contributed by atoms with E-state index in [9.17, 15) is 4.79 Å². The Hall–Kier alpha value is -1.51. The molecule has 0 amide bonds. The van der Waals surface area contributed by atoms with E-state index in [4.69, 9.17) is 4.74 Å². The molecule has 0 N–H and O–H groups in total. The van der Waals surface area contributed by atoms with Crippen molar-refractivity contribution in [3.8, 4) is 0 Å². The summed E-state index contributed by atoms with van der Waals surface area (Å²) in [4.78, 5) is 13.8. The molecule has 1 aliphatic heterocycles. The van der Waals surface area contributed by atoms with E-state index in [0.29, 0.717) is 6.61 Å². The average molecular weight is 205 g/mol. The number of likely N-dealkylation sites (N-methyl/N-ethyl adjacent to an activating group) is 1. The van der Waals surface area contributed by atoms with Gasteiger partial charge in [0.2, 0.25) is 0 Å². The minimum atomic E-state index is -0.119. The molecule has 0 saturated heterocycles. The molecule has 2 rings (SSSR count). The standard InChI is InChI=1S/C12H15NO2/c1-3-15-12(14)10-8-13(2)11-7-5-4-6-9(10)11/h4-7,10H,3,8H2,1-2H3. The molecular formula is C12H15NO2. The Morgan fingerprint density at radius 2 is 2.27 bits per heavy atom. The van der Waals surface area contributed by atoms with Gasteiger partial charge in [-0.2, -0.15) is 0 Å². The molecule has 0 bridgehead atoms. The largest absolute Gasteiger partial charge is 0.465 e. The summed E-state index contributed by atoms with van der Waals surface area (Å²) in [5.74, 6) is -0.236. The number of hydrogen-bond donors (Lipinski definition) is 0. The third kappa shape index (κ3) is 1.69. The van der Waals surface area contributed by atoms with Crippen molar-refractivity contribution in [2.45, 2.75) is 12.8 Å². The van der Waals surface area contributed by atoms with Gasteiger partial charge >= 0.3 is 5.97 Å². The van der Waals surface area contributed by atoms with Crippen LogP contribution in [0, 0.1) is 0 Å². The molecular weight excluding hydrogens is 190 g/mol. The van der Waals surface area contributed by atoms with Gasteiger partial charge in [0.25, 0.3) is 0 Å². The molecule has 1 heterocycles. The molecule has 3 nitrogen and oxygen atoms in total. The maximum atomic E-state index is 11.7. The Morgan fingerprint density at radius 3 is 3.00 bits per heavy atom. The maximum Gasteiger partial charge on any atom is 0.315 e. The third-order valence-corrected chi connectivity index (χ3v) is 2.75. The molecule has 3 heteroatoms. The zero-order valence-corrected chi connectivity index (χ0v) is 9.06. The monoisotopic (exact) mass is 205 g/mol. The number of rotatable bonds is 2. The van der Waals surface area contributed by atoms with E-state index in [1.54, 1.807) is 0 Å². The van der Waals surface area contributed by atoms with E-state index in [1.165, 1.54) is 0 Å². The molecule has 1 atom stereocenters. The lowest BCUT2D eigenvalue weighted by atomic mass is 10.0. The van der Waals surface area contributed by atoms with Crippen LogP contribution in [-0.4, -0.2) is 26.2 Å². The minimum absolute atomic E-state index is 0.116. The lowest BCUT2D eigenvalue weighted by Crippen LogP contribution is -2.22. The molecule has 1 aromatic rings. The molecule has 0 radical (unpaired) electrons. The summed E-state index contributed by atoms with van der Waals surface area (Å²) < 4.78 is 5.07. The summed E-state index contributed by atoms with van der Waals surface area (Å²) >= 11 is 0. The SMILES string of the molecule is CCOC(=O)C1CN(C)c2ccccc21. The predicted molar refractivity (Wildman–Crippen MR) is 59.1 cm³/mol. The van der Waals surface area contributed by atoms with Gasteiger partial charge in [0, 0.05) is 19.3 Å². The van der Waals surface area contributed by atoms with Crippen LogP contribution in [0.3, 0.4) is 0 Å². The predicted octanol–water partition coefficient (Wildman–Crippen LogP) is 1.78. The van der Waals surface area contributed by atoms with Crippen LogP contribution in [0.15, 0.2) is 24.3 Å². The zero-order valence-electron chi connectivity index (χ0n) is 9.06. The van der Waals surface area contributed by atoms with Crippen molar-refractivity contribution in [2.24, 2.45) is 0 Å². The van der Waals surface area contributed by atoms with Gasteiger partial charge in [-0.25, -0.2) is 0 Å². The van der Waals surface area contributed by atoms with Gasteiger partial charge < -0.3 is 9.64 Å². The molecule has 0 fully saturated rings. The zero-order chi connectivity index (χ0) is 10.8. The molecule has 0 saturated carbocycles. The number of benzene rings is 1. The topological polar surface area (TPSA) is 29.5 Å². The number of anilines is 1. The van der Waals surface area contributed by atoms with Crippen LogP contribution in [0.4, 0.5) is 5.69 Å². The van der Waals surface area contributed by atoms with Crippen molar-refractivity contribution in [1.29, 1.82) is 0 Å². The Bertz CT molecular complexity index is 376. The highest BCUT2D eigenvalue weighted by atomic mass is 16.5. The Morgan fingerprint density at radius 1 is 1.53 bits per heavy atom. The summed E-state index contributed by atoms with van der Waals surface area (Å²) in [5, 5.41) is 0. The quantitative estimate of drug-likeness (QED) is 0.689. The number of para-hydroxylation sites is 1. The highest BCUT2D eigenvalue weighted by molar-refractivity contribution is 5.84. The van der Waals surface area contributed by atoms with E-state index >= 15 is 0 Å². The van der Waals surface area contributed by atoms with Gasteiger partial charge in [0.1, 0.15) is 5.92 Å². The highest BCUT2D eigenvalue weighted by Crippen LogP contribution is 2.35. The fourth-order valence-corrected chi connectivity index (χ4v) is 2.04. The minimum Gasteiger partial charge on any atom is -0.465 e. The van der Waals surface area contributed by atoms with E-state index in [0.717, 1.165) is 17.8 Å². The van der Waals surface area contributed by atoms with E-state index in [2.05, 4.69) is 4.90 Å². The first-order chi connectivity index (χ1) is 7.24. The van der Waals surface area contributed by atoms with Crippen LogP contribution in [0.5, 0.6) is 0 Å². The highest BCUT2D eigenvalue weighted by Gasteiger charge is 2.32. The number of fused-ring (bicyclic) bond motifs is 1. The molecule has 1 unspecified atom stereocenters.